The zero-order chi connectivity index (χ0) is 30.4. The highest BCUT2D eigenvalue weighted by Crippen LogP contribution is 2.41. The minimum absolute atomic E-state index is 0. The fourth-order valence-electron chi connectivity index (χ4n) is 5.09. The van der Waals surface area contributed by atoms with Crippen LogP contribution >= 0.6 is 12.4 Å². The van der Waals surface area contributed by atoms with Gasteiger partial charge in [0.1, 0.15) is 11.4 Å². The van der Waals surface area contributed by atoms with Crippen molar-refractivity contribution in [3.8, 4) is 34.1 Å². The Kier molecular flexibility index (Phi) is 11.2. The van der Waals surface area contributed by atoms with Gasteiger partial charge in [-0.15, -0.1) is 12.4 Å². The molecular formula is C33H41ClN2O7. The Morgan fingerprint density at radius 1 is 0.791 bits per heavy atom. The van der Waals surface area contributed by atoms with E-state index in [0.717, 1.165) is 16.8 Å². The summed E-state index contributed by atoms with van der Waals surface area (Å²) < 4.78 is 27.5. The predicted octanol–water partition coefficient (Wildman–Crippen LogP) is 6.86. The van der Waals surface area contributed by atoms with Crippen LogP contribution in [0.15, 0.2) is 60.7 Å². The molecule has 1 aliphatic heterocycles. The lowest BCUT2D eigenvalue weighted by Gasteiger charge is -2.39. The summed E-state index contributed by atoms with van der Waals surface area (Å²) in [7, 11) is 6.31. The lowest BCUT2D eigenvalue weighted by molar-refractivity contribution is 0.0205. The highest BCUT2D eigenvalue weighted by molar-refractivity contribution is 6.07. The number of benzene rings is 3. The quantitative estimate of drug-likeness (QED) is 0.275. The van der Waals surface area contributed by atoms with Gasteiger partial charge in [-0.2, -0.15) is 0 Å². The fraction of sp³-hybridized carbons (Fsp3) is 0.394. The number of hydrogen-bond donors (Lipinski definition) is 0. The van der Waals surface area contributed by atoms with E-state index in [9.17, 15) is 9.59 Å². The van der Waals surface area contributed by atoms with Crippen LogP contribution in [-0.4, -0.2) is 70.1 Å². The number of hydrogen-bond acceptors (Lipinski definition) is 7. The monoisotopic (exact) mass is 612 g/mol. The summed E-state index contributed by atoms with van der Waals surface area (Å²) in [6, 6.07) is 18.6. The number of amides is 2. The van der Waals surface area contributed by atoms with E-state index in [2.05, 4.69) is 0 Å². The Bertz CT molecular complexity index is 1370. The number of halogens is 1. The standard InChI is InChI=1S/C33H40N2O7.ClH/c1-33(2,3)42-32(37)34-17-15-26(16-18-34)35(25-11-13-27(38-4)14-12-25)31(36)23-10-8-9-22(19-23)24-20-28(39-5)30(41-7)29(21-24)40-6;/h8-14,19-21,26H,15-18H2,1-7H3;1H. The van der Waals surface area contributed by atoms with Crippen molar-refractivity contribution in [1.29, 1.82) is 0 Å². The molecule has 0 N–H and O–H groups in total. The second-order valence-corrected chi connectivity index (χ2v) is 11.1. The number of likely N-dealkylation sites (tertiary alicyclic amines) is 1. The van der Waals surface area contributed by atoms with E-state index in [0.29, 0.717) is 54.5 Å². The van der Waals surface area contributed by atoms with Crippen molar-refractivity contribution in [2.24, 2.45) is 0 Å². The lowest BCUT2D eigenvalue weighted by atomic mass is 9.98. The van der Waals surface area contributed by atoms with Gasteiger partial charge in [0.15, 0.2) is 11.5 Å². The van der Waals surface area contributed by atoms with Gasteiger partial charge in [0.25, 0.3) is 5.91 Å². The van der Waals surface area contributed by atoms with Crippen molar-refractivity contribution in [2.45, 2.75) is 45.3 Å². The summed E-state index contributed by atoms with van der Waals surface area (Å²) in [6.45, 7) is 6.55. The molecule has 0 aromatic heterocycles. The molecule has 0 aliphatic carbocycles. The third-order valence-corrected chi connectivity index (χ3v) is 7.16. The topological polar surface area (TPSA) is 86.8 Å². The largest absolute Gasteiger partial charge is 0.497 e. The van der Waals surface area contributed by atoms with Crippen LogP contribution in [0, 0.1) is 0 Å². The Morgan fingerprint density at radius 2 is 1.40 bits per heavy atom. The van der Waals surface area contributed by atoms with Gasteiger partial charge in [-0.05, 0) is 93.3 Å². The zero-order valence-corrected chi connectivity index (χ0v) is 26.7. The van der Waals surface area contributed by atoms with Crippen molar-refractivity contribution in [3.05, 3.63) is 66.2 Å². The summed E-state index contributed by atoms with van der Waals surface area (Å²) in [5, 5.41) is 0. The van der Waals surface area contributed by atoms with E-state index in [1.54, 1.807) is 33.3 Å². The molecule has 0 unspecified atom stereocenters. The molecule has 43 heavy (non-hydrogen) atoms. The molecule has 232 valence electrons. The molecule has 0 radical (unpaired) electrons. The second-order valence-electron chi connectivity index (χ2n) is 11.1. The van der Waals surface area contributed by atoms with Crippen molar-refractivity contribution >= 4 is 30.1 Å². The molecule has 0 bridgehead atoms. The number of rotatable bonds is 8. The summed E-state index contributed by atoms with van der Waals surface area (Å²) in [5.74, 6) is 2.13. The van der Waals surface area contributed by atoms with E-state index in [1.807, 2.05) is 86.3 Å². The van der Waals surface area contributed by atoms with Crippen LogP contribution in [-0.2, 0) is 4.74 Å². The molecule has 1 heterocycles. The number of methoxy groups -OCH3 is 4. The third-order valence-electron chi connectivity index (χ3n) is 7.16. The van der Waals surface area contributed by atoms with Crippen LogP contribution in [0.4, 0.5) is 10.5 Å². The van der Waals surface area contributed by atoms with Gasteiger partial charge in [-0.1, -0.05) is 12.1 Å². The minimum atomic E-state index is -0.567. The van der Waals surface area contributed by atoms with Crippen molar-refractivity contribution < 1.29 is 33.3 Å². The minimum Gasteiger partial charge on any atom is -0.497 e. The first kappa shape index (κ1) is 33.4. The second kappa shape index (κ2) is 14.4. The Balaban J connectivity index is 0.00000506. The smallest absolute Gasteiger partial charge is 0.410 e. The maximum atomic E-state index is 14.3. The van der Waals surface area contributed by atoms with Gasteiger partial charge >= 0.3 is 6.09 Å². The molecule has 3 aromatic carbocycles. The van der Waals surface area contributed by atoms with E-state index in [1.165, 1.54) is 0 Å². The van der Waals surface area contributed by atoms with Crippen molar-refractivity contribution in [1.82, 2.24) is 4.90 Å². The fourth-order valence-corrected chi connectivity index (χ4v) is 5.09. The van der Waals surface area contributed by atoms with Crippen LogP contribution in [0.25, 0.3) is 11.1 Å². The van der Waals surface area contributed by atoms with Crippen LogP contribution in [0.1, 0.15) is 44.0 Å². The van der Waals surface area contributed by atoms with E-state index in [4.69, 9.17) is 23.7 Å². The van der Waals surface area contributed by atoms with Crippen molar-refractivity contribution in [2.75, 3.05) is 46.4 Å². The van der Waals surface area contributed by atoms with Crippen LogP contribution in [0.2, 0.25) is 0 Å². The SMILES string of the molecule is COc1ccc(N(C(=O)c2cccc(-c3cc(OC)c(OC)c(OC)c3)c2)C2CCN(C(=O)OC(C)(C)C)CC2)cc1.Cl. The molecule has 0 saturated carbocycles. The molecule has 3 aromatic rings. The molecular weight excluding hydrogens is 572 g/mol. The molecule has 1 fully saturated rings. The van der Waals surface area contributed by atoms with Gasteiger partial charge in [-0.25, -0.2) is 4.79 Å². The van der Waals surface area contributed by atoms with Gasteiger partial charge in [0.05, 0.1) is 28.4 Å². The van der Waals surface area contributed by atoms with Crippen LogP contribution < -0.4 is 23.8 Å². The lowest BCUT2D eigenvalue weighted by Crippen LogP contribution is -2.50. The number of carbonyl (C=O) groups is 2. The zero-order valence-electron chi connectivity index (χ0n) is 25.8. The summed E-state index contributed by atoms with van der Waals surface area (Å²) in [6.07, 6.45) is 0.897. The molecule has 1 aliphatic rings. The highest BCUT2D eigenvalue weighted by atomic mass is 35.5. The number of anilines is 1. The highest BCUT2D eigenvalue weighted by Gasteiger charge is 2.33. The molecule has 0 spiro atoms. The summed E-state index contributed by atoms with van der Waals surface area (Å²) in [5.41, 5.74) is 2.37. The number of nitrogens with zero attached hydrogens (tertiary/aromatic N) is 2. The maximum absolute atomic E-state index is 14.3. The number of ether oxygens (including phenoxy) is 5. The Morgan fingerprint density at radius 3 is 1.91 bits per heavy atom. The van der Waals surface area contributed by atoms with Crippen LogP contribution in [0.3, 0.4) is 0 Å². The number of piperidine rings is 1. The Labute approximate surface area is 260 Å². The predicted molar refractivity (Wildman–Crippen MR) is 169 cm³/mol. The maximum Gasteiger partial charge on any atom is 0.410 e. The van der Waals surface area contributed by atoms with E-state index < -0.39 is 5.60 Å². The van der Waals surface area contributed by atoms with Gasteiger partial charge in [-0.3, -0.25) is 4.79 Å². The third kappa shape index (κ3) is 7.84. The molecule has 1 saturated heterocycles. The summed E-state index contributed by atoms with van der Waals surface area (Å²) >= 11 is 0. The normalized spacial score (nSPS) is 13.4. The van der Waals surface area contributed by atoms with Gasteiger partial charge < -0.3 is 33.5 Å². The molecule has 0 atom stereocenters. The molecule has 2 amide bonds. The average molecular weight is 613 g/mol. The molecule has 9 nitrogen and oxygen atoms in total. The first-order valence-electron chi connectivity index (χ1n) is 13.9. The number of carbonyl (C=O) groups excluding carboxylic acids is 2. The van der Waals surface area contributed by atoms with Gasteiger partial charge in [0.2, 0.25) is 5.75 Å². The molecule has 10 heteroatoms. The first-order chi connectivity index (χ1) is 20.1. The molecule has 4 rings (SSSR count). The van der Waals surface area contributed by atoms with Gasteiger partial charge in [0, 0.05) is 30.4 Å². The first-order valence-corrected chi connectivity index (χ1v) is 13.9. The van der Waals surface area contributed by atoms with E-state index >= 15 is 0 Å². The average Bonchev–Trinajstić information content (AvgIpc) is 3.00. The Hall–Kier alpha value is -4.11. The summed E-state index contributed by atoms with van der Waals surface area (Å²) in [4.78, 5) is 30.5. The van der Waals surface area contributed by atoms with E-state index in [-0.39, 0.29) is 30.4 Å². The van der Waals surface area contributed by atoms with Crippen LogP contribution in [0.5, 0.6) is 23.0 Å². The van der Waals surface area contributed by atoms with Crippen molar-refractivity contribution in [3.63, 3.8) is 0 Å².